The zero-order valence-electron chi connectivity index (χ0n) is 17.7. The van der Waals surface area contributed by atoms with E-state index in [4.69, 9.17) is 15.2 Å². The summed E-state index contributed by atoms with van der Waals surface area (Å²) in [5.41, 5.74) is 7.85. The van der Waals surface area contributed by atoms with E-state index in [1.165, 1.54) is 6.20 Å². The standard InChI is InChI=1S/C26H24N2O4/c1-18(32-21-7-3-2-4-8-21)31-17-20-13-11-19(12-14-20)15-28-16-23(26(27)30)25(29)22-9-5-6-10-24(22)28/h2-14,16,18H,15,17H2,1H3,(H2,27,30). The summed E-state index contributed by atoms with van der Waals surface area (Å²) < 4.78 is 13.4. The lowest BCUT2D eigenvalue weighted by molar-refractivity contribution is -0.0759. The summed E-state index contributed by atoms with van der Waals surface area (Å²) in [6.07, 6.45) is 1.16. The number of rotatable bonds is 8. The van der Waals surface area contributed by atoms with Gasteiger partial charge in [-0.3, -0.25) is 9.59 Å². The number of nitrogens with two attached hydrogens (primary N) is 1. The Labute approximate surface area is 185 Å². The SMILES string of the molecule is CC(OCc1ccc(Cn2cc(C(N)=O)c(=O)c3ccccc32)cc1)Oc1ccccc1. The van der Waals surface area contributed by atoms with Crippen LogP contribution in [-0.2, 0) is 17.9 Å². The van der Waals surface area contributed by atoms with E-state index in [0.29, 0.717) is 18.5 Å². The first-order chi connectivity index (χ1) is 15.5. The molecule has 0 saturated carbocycles. The van der Waals surface area contributed by atoms with Gasteiger partial charge in [0.25, 0.3) is 5.91 Å². The van der Waals surface area contributed by atoms with Crippen molar-refractivity contribution in [3.8, 4) is 5.75 Å². The lowest BCUT2D eigenvalue weighted by atomic mass is 10.1. The maximum Gasteiger partial charge on any atom is 0.254 e. The number of pyridine rings is 1. The summed E-state index contributed by atoms with van der Waals surface area (Å²) in [5, 5.41) is 0.473. The molecule has 0 aliphatic carbocycles. The van der Waals surface area contributed by atoms with Crippen molar-refractivity contribution < 1.29 is 14.3 Å². The minimum Gasteiger partial charge on any atom is -0.465 e. The Morgan fingerprint density at radius 2 is 1.59 bits per heavy atom. The van der Waals surface area contributed by atoms with E-state index in [0.717, 1.165) is 22.4 Å². The number of hydrogen-bond donors (Lipinski definition) is 1. The van der Waals surface area contributed by atoms with Crippen molar-refractivity contribution in [2.24, 2.45) is 5.73 Å². The third kappa shape index (κ3) is 4.87. The number of para-hydroxylation sites is 2. The van der Waals surface area contributed by atoms with Gasteiger partial charge in [0, 0.05) is 18.1 Å². The van der Waals surface area contributed by atoms with Crippen LogP contribution in [0.3, 0.4) is 0 Å². The number of aromatic nitrogens is 1. The Kier molecular flexibility index (Phi) is 6.33. The van der Waals surface area contributed by atoms with Crippen molar-refractivity contribution in [2.45, 2.75) is 26.4 Å². The van der Waals surface area contributed by atoms with Crippen molar-refractivity contribution >= 4 is 16.8 Å². The van der Waals surface area contributed by atoms with E-state index in [-0.39, 0.29) is 17.3 Å². The Bertz CT molecular complexity index is 1280. The second-order valence-corrected chi connectivity index (χ2v) is 7.51. The molecule has 0 radical (unpaired) electrons. The Morgan fingerprint density at radius 3 is 2.31 bits per heavy atom. The lowest BCUT2D eigenvalue weighted by Crippen LogP contribution is -2.24. The number of ether oxygens (including phenoxy) is 2. The predicted molar refractivity (Wildman–Crippen MR) is 124 cm³/mol. The summed E-state index contributed by atoms with van der Waals surface area (Å²) >= 11 is 0. The fraction of sp³-hybridized carbons (Fsp3) is 0.154. The lowest BCUT2D eigenvalue weighted by Gasteiger charge is -2.16. The Hall–Kier alpha value is -3.90. The van der Waals surface area contributed by atoms with E-state index >= 15 is 0 Å². The van der Waals surface area contributed by atoms with Crippen molar-refractivity contribution in [1.82, 2.24) is 4.57 Å². The summed E-state index contributed by atoms with van der Waals surface area (Å²) in [6.45, 7) is 2.77. The van der Waals surface area contributed by atoms with Crippen LogP contribution in [0.4, 0.5) is 0 Å². The average molecular weight is 428 g/mol. The van der Waals surface area contributed by atoms with Gasteiger partial charge in [-0.2, -0.15) is 0 Å². The van der Waals surface area contributed by atoms with Crippen LogP contribution in [-0.4, -0.2) is 16.8 Å². The summed E-state index contributed by atoms with van der Waals surface area (Å²) in [6, 6.07) is 24.7. The number of nitrogens with zero attached hydrogens (tertiary/aromatic N) is 1. The van der Waals surface area contributed by atoms with E-state index in [9.17, 15) is 9.59 Å². The third-order valence-corrected chi connectivity index (χ3v) is 5.16. The molecule has 32 heavy (non-hydrogen) atoms. The van der Waals surface area contributed by atoms with Gasteiger partial charge in [-0.15, -0.1) is 0 Å². The molecule has 0 aliphatic rings. The average Bonchev–Trinajstić information content (AvgIpc) is 2.81. The molecule has 2 N–H and O–H groups in total. The first-order valence-corrected chi connectivity index (χ1v) is 10.3. The van der Waals surface area contributed by atoms with Gasteiger partial charge in [-0.25, -0.2) is 0 Å². The van der Waals surface area contributed by atoms with Crippen molar-refractivity contribution in [3.63, 3.8) is 0 Å². The predicted octanol–water partition coefficient (Wildman–Crippen LogP) is 4.09. The molecule has 4 aromatic rings. The molecule has 0 spiro atoms. The smallest absolute Gasteiger partial charge is 0.254 e. The minimum atomic E-state index is -0.728. The van der Waals surface area contributed by atoms with Gasteiger partial charge >= 0.3 is 0 Å². The number of carbonyl (C=O) groups excluding carboxylic acids is 1. The van der Waals surface area contributed by atoms with Crippen LogP contribution >= 0.6 is 0 Å². The van der Waals surface area contributed by atoms with Gasteiger partial charge in [0.05, 0.1) is 12.1 Å². The van der Waals surface area contributed by atoms with Crippen LogP contribution in [0.5, 0.6) is 5.75 Å². The zero-order chi connectivity index (χ0) is 22.5. The molecule has 1 amide bonds. The highest BCUT2D eigenvalue weighted by molar-refractivity contribution is 5.96. The Morgan fingerprint density at radius 1 is 0.938 bits per heavy atom. The minimum absolute atomic E-state index is 0.0128. The number of hydrogen-bond acceptors (Lipinski definition) is 4. The maximum absolute atomic E-state index is 12.5. The summed E-state index contributed by atoms with van der Waals surface area (Å²) in [4.78, 5) is 24.3. The number of fused-ring (bicyclic) bond motifs is 1. The van der Waals surface area contributed by atoms with Gasteiger partial charge in [0.1, 0.15) is 11.3 Å². The van der Waals surface area contributed by atoms with Crippen LogP contribution in [0.25, 0.3) is 10.9 Å². The van der Waals surface area contributed by atoms with Crippen LogP contribution in [0.2, 0.25) is 0 Å². The quantitative estimate of drug-likeness (QED) is 0.429. The van der Waals surface area contributed by atoms with Crippen molar-refractivity contribution in [1.29, 1.82) is 0 Å². The highest BCUT2D eigenvalue weighted by atomic mass is 16.7. The molecular weight excluding hydrogens is 404 g/mol. The fourth-order valence-corrected chi connectivity index (χ4v) is 3.53. The molecule has 162 valence electrons. The largest absolute Gasteiger partial charge is 0.465 e. The topological polar surface area (TPSA) is 83.5 Å². The number of benzene rings is 3. The molecule has 1 atom stereocenters. The van der Waals surface area contributed by atoms with Gasteiger partial charge in [0.2, 0.25) is 5.43 Å². The molecule has 4 rings (SSSR count). The monoisotopic (exact) mass is 428 g/mol. The van der Waals surface area contributed by atoms with Crippen LogP contribution in [0.1, 0.15) is 28.4 Å². The van der Waals surface area contributed by atoms with E-state index in [2.05, 4.69) is 0 Å². The molecule has 6 heteroatoms. The van der Waals surface area contributed by atoms with E-state index in [1.807, 2.05) is 78.2 Å². The van der Waals surface area contributed by atoms with Gasteiger partial charge in [-0.1, -0.05) is 54.6 Å². The molecule has 3 aromatic carbocycles. The number of primary amides is 1. The normalized spacial score (nSPS) is 11.9. The molecule has 0 fully saturated rings. The summed E-state index contributed by atoms with van der Waals surface area (Å²) in [5.74, 6) is 0.0351. The van der Waals surface area contributed by atoms with E-state index < -0.39 is 5.91 Å². The molecule has 1 heterocycles. The third-order valence-electron chi connectivity index (χ3n) is 5.16. The second-order valence-electron chi connectivity index (χ2n) is 7.51. The summed E-state index contributed by atoms with van der Waals surface area (Å²) in [7, 11) is 0. The van der Waals surface area contributed by atoms with Crippen molar-refractivity contribution in [2.75, 3.05) is 0 Å². The highest BCUT2D eigenvalue weighted by Gasteiger charge is 2.13. The fourth-order valence-electron chi connectivity index (χ4n) is 3.53. The van der Waals surface area contributed by atoms with Gasteiger partial charge in [-0.05, 0) is 42.3 Å². The first kappa shape index (κ1) is 21.3. The second kappa shape index (κ2) is 9.49. The molecule has 0 bridgehead atoms. The van der Waals surface area contributed by atoms with Crippen LogP contribution < -0.4 is 15.9 Å². The first-order valence-electron chi connectivity index (χ1n) is 10.3. The molecular formula is C26H24N2O4. The van der Waals surface area contributed by atoms with Crippen LogP contribution in [0, 0.1) is 0 Å². The molecule has 1 unspecified atom stereocenters. The molecule has 1 aromatic heterocycles. The van der Waals surface area contributed by atoms with Gasteiger partial charge in [0.15, 0.2) is 6.29 Å². The Balaban J connectivity index is 1.46. The molecule has 0 saturated heterocycles. The van der Waals surface area contributed by atoms with Crippen LogP contribution in [0.15, 0.2) is 89.9 Å². The van der Waals surface area contributed by atoms with E-state index in [1.54, 1.807) is 12.1 Å². The maximum atomic E-state index is 12.5. The van der Waals surface area contributed by atoms with Gasteiger partial charge < -0.3 is 19.8 Å². The molecule has 6 nitrogen and oxygen atoms in total. The molecule has 0 aliphatic heterocycles. The zero-order valence-corrected chi connectivity index (χ0v) is 17.7. The number of amides is 1. The number of carbonyl (C=O) groups is 1. The highest BCUT2D eigenvalue weighted by Crippen LogP contribution is 2.16. The van der Waals surface area contributed by atoms with Crippen molar-refractivity contribution in [3.05, 3.63) is 112 Å².